The summed E-state index contributed by atoms with van der Waals surface area (Å²) in [4.78, 5) is 0. The van der Waals surface area contributed by atoms with Gasteiger partial charge in [0.05, 0.1) is 11.2 Å². The molecule has 2 nitrogen and oxygen atoms in total. The first-order chi connectivity index (χ1) is 7.62. The van der Waals surface area contributed by atoms with Gasteiger partial charge in [-0.05, 0) is 45.9 Å². The van der Waals surface area contributed by atoms with Gasteiger partial charge in [0, 0.05) is 5.33 Å². The molecule has 0 radical (unpaired) electrons. The van der Waals surface area contributed by atoms with Crippen molar-refractivity contribution >= 4 is 23.0 Å². The number of hydrogen-bond acceptors (Lipinski definition) is 2. The molecule has 17 heavy (non-hydrogen) atoms. The topological polar surface area (TPSA) is 18.5 Å². The van der Waals surface area contributed by atoms with E-state index in [1.165, 1.54) is 12.8 Å². The van der Waals surface area contributed by atoms with Gasteiger partial charge in [0.15, 0.2) is 0 Å². The molecular weight excluding hydrogens is 279 g/mol. The van der Waals surface area contributed by atoms with E-state index < -0.39 is 0 Å². The molecule has 100 valence electrons. The lowest BCUT2D eigenvalue weighted by atomic mass is 9.57. The fourth-order valence-corrected chi connectivity index (χ4v) is 2.35. The molecule has 0 unspecified atom stereocenters. The van der Waals surface area contributed by atoms with Crippen LogP contribution in [0.3, 0.4) is 0 Å². The summed E-state index contributed by atoms with van der Waals surface area (Å²) in [5.41, 5.74) is -0.436. The van der Waals surface area contributed by atoms with Crippen molar-refractivity contribution < 1.29 is 9.31 Å². The molecule has 0 spiro atoms. The maximum absolute atomic E-state index is 6.13. The van der Waals surface area contributed by atoms with Gasteiger partial charge in [0.1, 0.15) is 0 Å². The molecule has 0 N–H and O–H groups in total. The minimum absolute atomic E-state index is 0.0766. The third kappa shape index (κ3) is 3.48. The second-order valence-corrected chi connectivity index (χ2v) is 7.52. The quantitative estimate of drug-likeness (QED) is 0.425. The standard InChI is InChI=1S/C13H26BBrO2/c1-11(2,9-7-8-10-15)14-16-12(3,4)13(5,6)17-14/h7-10H2,1-6H3. The van der Waals surface area contributed by atoms with E-state index in [1.54, 1.807) is 0 Å². The Balaban J connectivity index is 2.63. The van der Waals surface area contributed by atoms with Crippen molar-refractivity contribution in [2.24, 2.45) is 0 Å². The molecule has 0 atom stereocenters. The van der Waals surface area contributed by atoms with Crippen molar-refractivity contribution in [1.82, 2.24) is 0 Å². The van der Waals surface area contributed by atoms with Gasteiger partial charge in [0.2, 0.25) is 0 Å². The molecule has 0 aromatic carbocycles. The van der Waals surface area contributed by atoms with Gasteiger partial charge in [-0.3, -0.25) is 0 Å². The Morgan fingerprint density at radius 3 is 1.88 bits per heavy atom. The molecule has 1 aliphatic rings. The summed E-state index contributed by atoms with van der Waals surface area (Å²) in [6.45, 7) is 12.9. The lowest BCUT2D eigenvalue weighted by molar-refractivity contribution is 0.00578. The van der Waals surface area contributed by atoms with Crippen LogP contribution in [0.1, 0.15) is 60.8 Å². The average molecular weight is 305 g/mol. The van der Waals surface area contributed by atoms with Crippen molar-refractivity contribution in [2.45, 2.75) is 77.3 Å². The van der Waals surface area contributed by atoms with Crippen LogP contribution in [0.15, 0.2) is 0 Å². The molecule has 0 aliphatic carbocycles. The Bertz CT molecular complexity index is 248. The second kappa shape index (κ2) is 5.22. The van der Waals surface area contributed by atoms with Crippen LogP contribution in [0.5, 0.6) is 0 Å². The zero-order valence-electron chi connectivity index (χ0n) is 12.1. The van der Waals surface area contributed by atoms with Crippen LogP contribution in [0.25, 0.3) is 0 Å². The Morgan fingerprint density at radius 2 is 1.47 bits per heavy atom. The Hall–Kier alpha value is 0.465. The molecule has 4 heteroatoms. The lowest BCUT2D eigenvalue weighted by Crippen LogP contribution is -2.41. The molecular formula is C13H26BBrO2. The zero-order chi connectivity index (χ0) is 13.3. The zero-order valence-corrected chi connectivity index (χ0v) is 13.7. The van der Waals surface area contributed by atoms with Crippen LogP contribution in [-0.2, 0) is 9.31 Å². The monoisotopic (exact) mass is 304 g/mol. The van der Waals surface area contributed by atoms with E-state index in [-0.39, 0.29) is 23.6 Å². The highest BCUT2D eigenvalue weighted by molar-refractivity contribution is 9.09. The SMILES string of the molecule is CC(C)(CCCCBr)B1OC(C)(C)C(C)(C)O1. The van der Waals surface area contributed by atoms with E-state index in [4.69, 9.17) is 9.31 Å². The van der Waals surface area contributed by atoms with Gasteiger partial charge in [-0.1, -0.05) is 36.2 Å². The van der Waals surface area contributed by atoms with E-state index in [1.807, 2.05) is 0 Å². The summed E-state index contributed by atoms with van der Waals surface area (Å²) in [6.07, 6.45) is 3.56. The van der Waals surface area contributed by atoms with Crippen molar-refractivity contribution in [3.8, 4) is 0 Å². The second-order valence-electron chi connectivity index (χ2n) is 6.72. The van der Waals surface area contributed by atoms with Gasteiger partial charge in [-0.15, -0.1) is 0 Å². The third-order valence-electron chi connectivity index (χ3n) is 4.10. The van der Waals surface area contributed by atoms with Gasteiger partial charge in [-0.2, -0.15) is 0 Å². The van der Waals surface area contributed by atoms with E-state index in [0.29, 0.717) is 0 Å². The van der Waals surface area contributed by atoms with Gasteiger partial charge in [0.25, 0.3) is 0 Å². The molecule has 1 rings (SSSR count). The Morgan fingerprint density at radius 1 is 1.00 bits per heavy atom. The average Bonchev–Trinajstić information content (AvgIpc) is 2.37. The van der Waals surface area contributed by atoms with Crippen LogP contribution in [-0.4, -0.2) is 23.7 Å². The third-order valence-corrected chi connectivity index (χ3v) is 4.66. The highest BCUT2D eigenvalue weighted by Crippen LogP contribution is 2.46. The predicted octanol–water partition coefficient (Wildman–Crippen LogP) is 4.42. The highest BCUT2D eigenvalue weighted by atomic mass is 79.9. The molecule has 1 heterocycles. The van der Waals surface area contributed by atoms with E-state index in [0.717, 1.165) is 11.8 Å². The molecule has 1 saturated heterocycles. The van der Waals surface area contributed by atoms with Gasteiger partial charge >= 0.3 is 7.12 Å². The molecule has 0 aromatic heterocycles. The number of rotatable bonds is 5. The van der Waals surface area contributed by atoms with E-state index >= 15 is 0 Å². The Labute approximate surface area is 115 Å². The minimum Gasteiger partial charge on any atom is -0.403 e. The fourth-order valence-electron chi connectivity index (χ4n) is 1.96. The smallest absolute Gasteiger partial charge is 0.403 e. The van der Waals surface area contributed by atoms with Crippen LogP contribution >= 0.6 is 15.9 Å². The van der Waals surface area contributed by atoms with Crippen LogP contribution in [0.4, 0.5) is 0 Å². The number of halogens is 1. The molecule has 0 aromatic rings. The summed E-state index contributed by atoms with van der Waals surface area (Å²) in [6, 6.07) is 0. The van der Waals surface area contributed by atoms with Crippen LogP contribution in [0.2, 0.25) is 5.31 Å². The molecule has 0 amide bonds. The highest BCUT2D eigenvalue weighted by Gasteiger charge is 2.55. The Kier molecular flexibility index (Phi) is 4.77. The summed E-state index contributed by atoms with van der Waals surface area (Å²) in [5.74, 6) is 0. The predicted molar refractivity (Wildman–Crippen MR) is 77.8 cm³/mol. The largest absolute Gasteiger partial charge is 0.463 e. The number of hydrogen-bond donors (Lipinski definition) is 0. The van der Waals surface area contributed by atoms with Crippen LogP contribution in [0, 0.1) is 0 Å². The summed E-state index contributed by atoms with van der Waals surface area (Å²) in [7, 11) is -0.0946. The molecule has 0 bridgehead atoms. The van der Waals surface area contributed by atoms with Crippen LogP contribution < -0.4 is 0 Å². The van der Waals surface area contributed by atoms with Gasteiger partial charge in [-0.25, -0.2) is 0 Å². The van der Waals surface area contributed by atoms with Crippen molar-refractivity contribution in [3.63, 3.8) is 0 Å². The minimum atomic E-state index is -0.218. The first-order valence-corrected chi connectivity index (χ1v) is 7.66. The fraction of sp³-hybridized carbons (Fsp3) is 1.00. The summed E-state index contributed by atoms with van der Waals surface area (Å²) < 4.78 is 12.3. The van der Waals surface area contributed by atoms with Crippen molar-refractivity contribution in [2.75, 3.05) is 5.33 Å². The van der Waals surface area contributed by atoms with Gasteiger partial charge < -0.3 is 9.31 Å². The number of unbranched alkanes of at least 4 members (excludes halogenated alkanes) is 1. The van der Waals surface area contributed by atoms with E-state index in [9.17, 15) is 0 Å². The van der Waals surface area contributed by atoms with E-state index in [2.05, 4.69) is 57.5 Å². The summed E-state index contributed by atoms with van der Waals surface area (Å²) in [5, 5.41) is 1.15. The normalized spacial score (nSPS) is 23.1. The first kappa shape index (κ1) is 15.5. The van der Waals surface area contributed by atoms with Crippen molar-refractivity contribution in [1.29, 1.82) is 0 Å². The first-order valence-electron chi connectivity index (χ1n) is 6.54. The molecule has 1 aliphatic heterocycles. The van der Waals surface area contributed by atoms with Crippen molar-refractivity contribution in [3.05, 3.63) is 0 Å². The number of alkyl halides is 1. The molecule has 0 saturated carbocycles. The molecule has 1 fully saturated rings. The maximum atomic E-state index is 6.13. The maximum Gasteiger partial charge on any atom is 0.463 e. The lowest BCUT2D eigenvalue weighted by Gasteiger charge is -2.32. The summed E-state index contributed by atoms with van der Waals surface area (Å²) >= 11 is 3.47.